The Morgan fingerprint density at radius 2 is 1.94 bits per heavy atom. The molecule has 7 heteroatoms. The van der Waals surface area contributed by atoms with Gasteiger partial charge in [0, 0.05) is 12.5 Å². The fourth-order valence-electron chi connectivity index (χ4n) is 5.34. The normalized spacial score (nSPS) is 28.1. The molecule has 2 aliphatic rings. The number of ether oxygens (including phenoxy) is 3. The van der Waals surface area contributed by atoms with E-state index in [2.05, 4.69) is 20.8 Å². The van der Waals surface area contributed by atoms with E-state index in [0.29, 0.717) is 13.0 Å². The molecular formula is C26H39NO6. The van der Waals surface area contributed by atoms with Crippen LogP contribution in [0, 0.1) is 18.3 Å². The summed E-state index contributed by atoms with van der Waals surface area (Å²) >= 11 is 0. The van der Waals surface area contributed by atoms with Crippen LogP contribution >= 0.6 is 0 Å². The number of rotatable bonds is 7. The van der Waals surface area contributed by atoms with Crippen molar-refractivity contribution in [3.8, 4) is 0 Å². The molecule has 3 rings (SSSR count). The molecule has 1 amide bonds. The average molecular weight is 462 g/mol. The standard InChI is InChI=1S/C26H39NO6/c1-6-31-25(30)22-20(26(3,4)5)23(33-16-14-28)21(18-12-8-7-11-17(18)2)27(22)24(29)19-13-9-10-15-32-19/h7-8,11-12,19-23,28H,6,9-10,13-16H2,1-5H3/t19?,20-,21+,22+,23+/m1/s1. The van der Waals surface area contributed by atoms with Crippen LogP contribution in [0.1, 0.15) is 64.1 Å². The molecule has 2 aliphatic heterocycles. The van der Waals surface area contributed by atoms with Crippen molar-refractivity contribution in [2.24, 2.45) is 11.3 Å². The Balaban J connectivity index is 2.19. The third-order valence-corrected chi connectivity index (χ3v) is 6.75. The highest BCUT2D eigenvalue weighted by Crippen LogP contribution is 2.50. The minimum Gasteiger partial charge on any atom is -0.464 e. The topological polar surface area (TPSA) is 85.3 Å². The second kappa shape index (κ2) is 11.0. The molecule has 184 valence electrons. The van der Waals surface area contributed by atoms with Gasteiger partial charge in [-0.1, -0.05) is 45.0 Å². The smallest absolute Gasteiger partial charge is 0.329 e. The number of amides is 1. The Morgan fingerprint density at radius 3 is 2.52 bits per heavy atom. The van der Waals surface area contributed by atoms with Gasteiger partial charge in [-0.2, -0.15) is 0 Å². The summed E-state index contributed by atoms with van der Waals surface area (Å²) in [6.07, 6.45) is 1.41. The second-order valence-electron chi connectivity index (χ2n) is 10.0. The van der Waals surface area contributed by atoms with Gasteiger partial charge in [-0.05, 0) is 49.7 Å². The Hall–Kier alpha value is -1.96. The van der Waals surface area contributed by atoms with Crippen LogP contribution in [0.3, 0.4) is 0 Å². The number of carbonyl (C=O) groups excluding carboxylic acids is 2. The van der Waals surface area contributed by atoms with Crippen LogP contribution in [-0.4, -0.2) is 66.6 Å². The van der Waals surface area contributed by atoms with Crippen molar-refractivity contribution >= 4 is 11.9 Å². The quantitative estimate of drug-likeness (QED) is 0.627. The van der Waals surface area contributed by atoms with Gasteiger partial charge in [-0.25, -0.2) is 4.79 Å². The zero-order chi connectivity index (χ0) is 24.2. The molecule has 0 radical (unpaired) electrons. The molecule has 1 N–H and O–H groups in total. The minimum absolute atomic E-state index is 0.122. The molecule has 1 aromatic rings. The number of hydrogen-bond acceptors (Lipinski definition) is 6. The van der Waals surface area contributed by atoms with Crippen molar-refractivity contribution in [1.29, 1.82) is 0 Å². The molecule has 0 spiro atoms. The van der Waals surface area contributed by atoms with Crippen molar-refractivity contribution in [2.45, 2.75) is 78.2 Å². The van der Waals surface area contributed by atoms with Gasteiger partial charge >= 0.3 is 5.97 Å². The summed E-state index contributed by atoms with van der Waals surface area (Å²) < 4.78 is 17.6. The first-order chi connectivity index (χ1) is 15.7. The minimum atomic E-state index is -0.809. The largest absolute Gasteiger partial charge is 0.464 e. The highest BCUT2D eigenvalue weighted by molar-refractivity contribution is 5.89. The maximum Gasteiger partial charge on any atom is 0.329 e. The summed E-state index contributed by atoms with van der Waals surface area (Å²) in [4.78, 5) is 29.1. The molecule has 0 saturated carbocycles. The molecule has 2 heterocycles. The number of aryl methyl sites for hydroxylation is 1. The van der Waals surface area contributed by atoms with E-state index in [4.69, 9.17) is 14.2 Å². The van der Waals surface area contributed by atoms with Gasteiger partial charge in [0.25, 0.3) is 5.91 Å². The molecule has 0 aromatic heterocycles. The predicted molar refractivity (Wildman–Crippen MR) is 125 cm³/mol. The van der Waals surface area contributed by atoms with Crippen molar-refractivity contribution < 1.29 is 28.9 Å². The van der Waals surface area contributed by atoms with Crippen LogP contribution in [0.2, 0.25) is 0 Å². The third kappa shape index (κ3) is 5.42. The van der Waals surface area contributed by atoms with Gasteiger partial charge < -0.3 is 24.2 Å². The summed E-state index contributed by atoms with van der Waals surface area (Å²) in [5.74, 6) is -0.944. The van der Waals surface area contributed by atoms with E-state index in [-0.39, 0.29) is 37.1 Å². The second-order valence-corrected chi connectivity index (χ2v) is 10.0. The highest BCUT2D eigenvalue weighted by atomic mass is 16.5. The van der Waals surface area contributed by atoms with E-state index >= 15 is 0 Å². The number of esters is 1. The molecular weight excluding hydrogens is 422 g/mol. The number of nitrogens with zero attached hydrogens (tertiary/aromatic N) is 1. The SMILES string of the molecule is CCOC(=O)[C@@H]1[C@@H](C(C)(C)C)[C@H](OCCO)[C@H](c2ccccc2C)N1C(=O)C1CCCCO1. The summed E-state index contributed by atoms with van der Waals surface area (Å²) in [5, 5.41) is 9.55. The zero-order valence-electron chi connectivity index (χ0n) is 20.6. The van der Waals surface area contributed by atoms with Crippen LogP contribution < -0.4 is 0 Å². The van der Waals surface area contributed by atoms with E-state index in [1.807, 2.05) is 31.2 Å². The van der Waals surface area contributed by atoms with E-state index in [1.54, 1.807) is 11.8 Å². The summed E-state index contributed by atoms with van der Waals surface area (Å²) in [6.45, 7) is 10.7. The van der Waals surface area contributed by atoms with Gasteiger partial charge in [0.2, 0.25) is 0 Å². The molecule has 1 aromatic carbocycles. The first kappa shape index (κ1) is 25.7. The van der Waals surface area contributed by atoms with Crippen molar-refractivity contribution in [3.05, 3.63) is 35.4 Å². The fourth-order valence-corrected chi connectivity index (χ4v) is 5.34. The fraction of sp³-hybridized carbons (Fsp3) is 0.692. The van der Waals surface area contributed by atoms with E-state index in [0.717, 1.165) is 24.0 Å². The van der Waals surface area contributed by atoms with Crippen molar-refractivity contribution in [2.75, 3.05) is 26.4 Å². The Labute approximate surface area is 197 Å². The lowest BCUT2D eigenvalue weighted by Crippen LogP contribution is -2.51. The van der Waals surface area contributed by atoms with Crippen molar-refractivity contribution in [3.63, 3.8) is 0 Å². The van der Waals surface area contributed by atoms with Crippen LogP contribution in [0.4, 0.5) is 0 Å². The maximum atomic E-state index is 14.0. The Kier molecular flexibility index (Phi) is 8.54. The van der Waals surface area contributed by atoms with Crippen LogP contribution in [0.5, 0.6) is 0 Å². The molecule has 7 nitrogen and oxygen atoms in total. The number of carbonyl (C=O) groups is 2. The van der Waals surface area contributed by atoms with Crippen LogP contribution in [0.25, 0.3) is 0 Å². The lowest BCUT2D eigenvalue weighted by molar-refractivity contribution is -0.162. The lowest BCUT2D eigenvalue weighted by Gasteiger charge is -2.36. The maximum absolute atomic E-state index is 14.0. The zero-order valence-corrected chi connectivity index (χ0v) is 20.6. The molecule has 33 heavy (non-hydrogen) atoms. The molecule has 0 bridgehead atoms. The molecule has 0 aliphatic carbocycles. The highest BCUT2D eigenvalue weighted by Gasteiger charge is 2.60. The first-order valence-electron chi connectivity index (χ1n) is 12.1. The Bertz CT molecular complexity index is 813. The number of benzene rings is 1. The molecule has 2 fully saturated rings. The van der Waals surface area contributed by atoms with E-state index < -0.39 is 30.3 Å². The number of aliphatic hydroxyl groups excluding tert-OH is 1. The summed E-state index contributed by atoms with van der Waals surface area (Å²) in [5.41, 5.74) is 1.58. The number of aliphatic hydroxyl groups is 1. The van der Waals surface area contributed by atoms with Gasteiger partial charge in [-0.3, -0.25) is 4.79 Å². The first-order valence-corrected chi connectivity index (χ1v) is 12.1. The third-order valence-electron chi connectivity index (χ3n) is 6.75. The van der Waals surface area contributed by atoms with E-state index in [9.17, 15) is 14.7 Å². The van der Waals surface area contributed by atoms with Crippen LogP contribution in [-0.2, 0) is 23.8 Å². The van der Waals surface area contributed by atoms with Gasteiger partial charge in [0.05, 0.1) is 32.0 Å². The lowest BCUT2D eigenvalue weighted by atomic mass is 9.73. The molecule has 5 atom stereocenters. The van der Waals surface area contributed by atoms with Gasteiger partial charge in [-0.15, -0.1) is 0 Å². The number of likely N-dealkylation sites (tertiary alicyclic amines) is 1. The van der Waals surface area contributed by atoms with E-state index in [1.165, 1.54) is 0 Å². The summed E-state index contributed by atoms with van der Waals surface area (Å²) in [6, 6.07) is 6.59. The number of hydrogen-bond donors (Lipinski definition) is 1. The van der Waals surface area contributed by atoms with Crippen molar-refractivity contribution in [1.82, 2.24) is 4.90 Å². The predicted octanol–water partition coefficient (Wildman–Crippen LogP) is 3.42. The van der Waals surface area contributed by atoms with Crippen LogP contribution in [0.15, 0.2) is 24.3 Å². The van der Waals surface area contributed by atoms with Gasteiger partial charge in [0.15, 0.2) is 0 Å². The molecule has 1 unspecified atom stereocenters. The van der Waals surface area contributed by atoms with Gasteiger partial charge in [0.1, 0.15) is 12.1 Å². The molecule has 2 saturated heterocycles. The average Bonchev–Trinajstić information content (AvgIpc) is 3.13. The summed E-state index contributed by atoms with van der Waals surface area (Å²) in [7, 11) is 0. The Morgan fingerprint density at radius 1 is 1.21 bits per heavy atom. The monoisotopic (exact) mass is 461 g/mol.